The fourth-order valence-electron chi connectivity index (χ4n) is 1.69. The summed E-state index contributed by atoms with van der Waals surface area (Å²) in [4.78, 5) is 4.37. The van der Waals surface area contributed by atoms with Gasteiger partial charge in [-0.15, -0.1) is 0 Å². The van der Waals surface area contributed by atoms with Crippen LogP contribution in [0.15, 0.2) is 30.6 Å². The molecule has 0 amide bonds. The number of nitrogens with zero attached hydrogens (tertiary/aromatic N) is 3. The summed E-state index contributed by atoms with van der Waals surface area (Å²) in [6, 6.07) is 6.06. The Labute approximate surface area is 102 Å². The Bertz CT molecular complexity index is 476. The maximum atomic E-state index is 4.37. The molecular formula is C13H18N4. The van der Waals surface area contributed by atoms with Crippen LogP contribution in [0.1, 0.15) is 24.6 Å². The van der Waals surface area contributed by atoms with Crippen LogP contribution in [-0.2, 0) is 6.54 Å². The molecule has 2 aromatic rings. The van der Waals surface area contributed by atoms with Crippen molar-refractivity contribution in [3.8, 4) is 0 Å². The maximum absolute atomic E-state index is 4.37. The van der Waals surface area contributed by atoms with E-state index in [1.807, 2.05) is 29.2 Å². The van der Waals surface area contributed by atoms with Gasteiger partial charge < -0.3 is 5.32 Å². The van der Waals surface area contributed by atoms with Crippen molar-refractivity contribution < 1.29 is 0 Å². The Morgan fingerprint density at radius 2 is 2.18 bits per heavy atom. The molecule has 0 saturated carbocycles. The molecule has 4 nitrogen and oxygen atoms in total. The molecule has 0 unspecified atom stereocenters. The first kappa shape index (κ1) is 11.6. The highest BCUT2D eigenvalue weighted by Crippen LogP contribution is 2.13. The Kier molecular flexibility index (Phi) is 3.75. The lowest BCUT2D eigenvalue weighted by Crippen LogP contribution is -2.09. The smallest absolute Gasteiger partial charge is 0.131 e. The SMILES string of the molecule is CCCNc1ncccc1Cn1nccc1C. The van der Waals surface area contributed by atoms with E-state index in [1.54, 1.807) is 0 Å². The number of nitrogens with one attached hydrogen (secondary N) is 1. The lowest BCUT2D eigenvalue weighted by molar-refractivity contribution is 0.664. The number of anilines is 1. The zero-order valence-electron chi connectivity index (χ0n) is 10.3. The van der Waals surface area contributed by atoms with Gasteiger partial charge in [0, 0.05) is 30.2 Å². The number of pyridine rings is 1. The van der Waals surface area contributed by atoms with Crippen molar-refractivity contribution in [1.82, 2.24) is 14.8 Å². The summed E-state index contributed by atoms with van der Waals surface area (Å²) in [5, 5.41) is 7.64. The van der Waals surface area contributed by atoms with Gasteiger partial charge in [-0.1, -0.05) is 13.0 Å². The summed E-state index contributed by atoms with van der Waals surface area (Å²) in [6.45, 7) is 5.91. The van der Waals surface area contributed by atoms with Crippen LogP contribution in [0.25, 0.3) is 0 Å². The monoisotopic (exact) mass is 230 g/mol. The van der Waals surface area contributed by atoms with Crippen molar-refractivity contribution in [2.24, 2.45) is 0 Å². The molecule has 17 heavy (non-hydrogen) atoms. The summed E-state index contributed by atoms with van der Waals surface area (Å²) < 4.78 is 1.98. The van der Waals surface area contributed by atoms with E-state index in [9.17, 15) is 0 Å². The molecule has 2 rings (SSSR count). The van der Waals surface area contributed by atoms with E-state index in [2.05, 4.69) is 35.3 Å². The van der Waals surface area contributed by atoms with Crippen LogP contribution in [0.2, 0.25) is 0 Å². The Balaban J connectivity index is 2.17. The standard InChI is InChI=1S/C13H18N4/c1-3-7-14-13-12(5-4-8-15-13)10-17-11(2)6-9-16-17/h4-6,8-9H,3,7,10H2,1-2H3,(H,14,15). The second-order valence-corrected chi connectivity index (χ2v) is 4.07. The molecule has 0 aromatic carbocycles. The molecule has 0 saturated heterocycles. The lowest BCUT2D eigenvalue weighted by atomic mass is 10.2. The zero-order chi connectivity index (χ0) is 12.1. The van der Waals surface area contributed by atoms with E-state index in [-0.39, 0.29) is 0 Å². The highest BCUT2D eigenvalue weighted by molar-refractivity contribution is 5.43. The molecule has 0 aliphatic carbocycles. The van der Waals surface area contributed by atoms with Crippen molar-refractivity contribution >= 4 is 5.82 Å². The Morgan fingerprint density at radius 1 is 1.29 bits per heavy atom. The van der Waals surface area contributed by atoms with E-state index in [4.69, 9.17) is 0 Å². The molecule has 0 spiro atoms. The third kappa shape index (κ3) is 2.84. The summed E-state index contributed by atoms with van der Waals surface area (Å²) in [5.74, 6) is 0.962. The predicted molar refractivity (Wildman–Crippen MR) is 69.1 cm³/mol. The number of hydrogen-bond acceptors (Lipinski definition) is 3. The molecule has 0 atom stereocenters. The molecule has 0 aliphatic rings. The first-order valence-electron chi connectivity index (χ1n) is 5.97. The van der Waals surface area contributed by atoms with Crippen LogP contribution < -0.4 is 5.32 Å². The van der Waals surface area contributed by atoms with E-state index in [0.717, 1.165) is 31.0 Å². The van der Waals surface area contributed by atoms with Gasteiger partial charge in [0.15, 0.2) is 0 Å². The molecule has 2 heterocycles. The van der Waals surface area contributed by atoms with Crippen molar-refractivity contribution in [1.29, 1.82) is 0 Å². The summed E-state index contributed by atoms with van der Waals surface area (Å²) >= 11 is 0. The van der Waals surface area contributed by atoms with E-state index in [0.29, 0.717) is 0 Å². The minimum atomic E-state index is 0.763. The first-order chi connectivity index (χ1) is 8.31. The normalized spacial score (nSPS) is 10.5. The largest absolute Gasteiger partial charge is 0.370 e. The van der Waals surface area contributed by atoms with Crippen LogP contribution in [0, 0.1) is 6.92 Å². The molecule has 2 aromatic heterocycles. The minimum absolute atomic E-state index is 0.763. The van der Waals surface area contributed by atoms with Crippen molar-refractivity contribution in [2.45, 2.75) is 26.8 Å². The third-order valence-corrected chi connectivity index (χ3v) is 2.68. The Hall–Kier alpha value is -1.84. The second kappa shape index (κ2) is 5.48. The van der Waals surface area contributed by atoms with Gasteiger partial charge in [-0.3, -0.25) is 4.68 Å². The van der Waals surface area contributed by atoms with Crippen molar-refractivity contribution in [2.75, 3.05) is 11.9 Å². The average Bonchev–Trinajstić information content (AvgIpc) is 2.74. The number of hydrogen-bond donors (Lipinski definition) is 1. The number of aryl methyl sites for hydroxylation is 1. The summed E-state index contributed by atoms with van der Waals surface area (Å²) in [6.07, 6.45) is 4.74. The maximum Gasteiger partial charge on any atom is 0.131 e. The number of aromatic nitrogens is 3. The summed E-state index contributed by atoms with van der Waals surface area (Å²) in [7, 11) is 0. The van der Waals surface area contributed by atoms with E-state index < -0.39 is 0 Å². The molecule has 0 radical (unpaired) electrons. The lowest BCUT2D eigenvalue weighted by Gasteiger charge is -2.11. The highest BCUT2D eigenvalue weighted by atomic mass is 15.3. The van der Waals surface area contributed by atoms with Gasteiger partial charge in [0.2, 0.25) is 0 Å². The van der Waals surface area contributed by atoms with Crippen LogP contribution in [0.4, 0.5) is 5.82 Å². The molecule has 1 N–H and O–H groups in total. The highest BCUT2D eigenvalue weighted by Gasteiger charge is 2.05. The van der Waals surface area contributed by atoms with Gasteiger partial charge in [-0.05, 0) is 25.5 Å². The van der Waals surface area contributed by atoms with Gasteiger partial charge in [-0.2, -0.15) is 5.10 Å². The van der Waals surface area contributed by atoms with Gasteiger partial charge in [-0.25, -0.2) is 4.98 Å². The van der Waals surface area contributed by atoms with Gasteiger partial charge in [0.1, 0.15) is 5.82 Å². The molecule has 90 valence electrons. The molecule has 0 fully saturated rings. The third-order valence-electron chi connectivity index (χ3n) is 2.68. The van der Waals surface area contributed by atoms with Gasteiger partial charge >= 0.3 is 0 Å². The molecular weight excluding hydrogens is 212 g/mol. The van der Waals surface area contributed by atoms with Gasteiger partial charge in [0.05, 0.1) is 6.54 Å². The molecule has 0 bridgehead atoms. The van der Waals surface area contributed by atoms with Crippen LogP contribution in [0.3, 0.4) is 0 Å². The van der Waals surface area contributed by atoms with Gasteiger partial charge in [0.25, 0.3) is 0 Å². The van der Waals surface area contributed by atoms with Crippen LogP contribution in [-0.4, -0.2) is 21.3 Å². The van der Waals surface area contributed by atoms with Crippen LogP contribution in [0.5, 0.6) is 0 Å². The van der Waals surface area contributed by atoms with Crippen molar-refractivity contribution in [3.63, 3.8) is 0 Å². The minimum Gasteiger partial charge on any atom is -0.370 e. The average molecular weight is 230 g/mol. The predicted octanol–water partition coefficient (Wildman–Crippen LogP) is 2.46. The van der Waals surface area contributed by atoms with Crippen molar-refractivity contribution in [3.05, 3.63) is 41.9 Å². The van der Waals surface area contributed by atoms with Crippen LogP contribution >= 0.6 is 0 Å². The quantitative estimate of drug-likeness (QED) is 0.858. The summed E-state index contributed by atoms with van der Waals surface area (Å²) in [5.41, 5.74) is 2.34. The fraction of sp³-hybridized carbons (Fsp3) is 0.385. The van der Waals surface area contributed by atoms with E-state index in [1.165, 1.54) is 5.56 Å². The Morgan fingerprint density at radius 3 is 2.88 bits per heavy atom. The molecule has 0 aliphatic heterocycles. The second-order valence-electron chi connectivity index (χ2n) is 4.07. The zero-order valence-corrected chi connectivity index (χ0v) is 10.3. The fourth-order valence-corrected chi connectivity index (χ4v) is 1.69. The number of rotatable bonds is 5. The topological polar surface area (TPSA) is 42.7 Å². The molecule has 4 heteroatoms. The first-order valence-corrected chi connectivity index (χ1v) is 5.97. The van der Waals surface area contributed by atoms with E-state index >= 15 is 0 Å².